The largest absolute Gasteiger partial charge is 0.324 e. The Balaban J connectivity index is 1.94. The van der Waals surface area contributed by atoms with Crippen LogP contribution in [0.5, 0.6) is 0 Å². The van der Waals surface area contributed by atoms with E-state index in [0.29, 0.717) is 22.3 Å². The van der Waals surface area contributed by atoms with E-state index in [-0.39, 0.29) is 17.6 Å². The van der Waals surface area contributed by atoms with Crippen LogP contribution in [-0.2, 0) is 0 Å². The van der Waals surface area contributed by atoms with Gasteiger partial charge in [0, 0.05) is 28.3 Å². The Morgan fingerprint density at radius 3 is 1.83 bits per heavy atom. The Morgan fingerprint density at radius 2 is 1.24 bits per heavy atom. The van der Waals surface area contributed by atoms with Crippen LogP contribution in [0.1, 0.15) is 50.4 Å². The van der Waals surface area contributed by atoms with Gasteiger partial charge < -0.3 is 5.73 Å². The summed E-state index contributed by atoms with van der Waals surface area (Å²) in [6.07, 6.45) is 0. The van der Waals surface area contributed by atoms with Gasteiger partial charge in [-0.3, -0.25) is 9.59 Å². The minimum Gasteiger partial charge on any atom is -0.324 e. The lowest BCUT2D eigenvalue weighted by atomic mass is 9.89. The molecule has 0 aliphatic rings. The van der Waals surface area contributed by atoms with E-state index < -0.39 is 0 Å². The van der Waals surface area contributed by atoms with Crippen molar-refractivity contribution in [3.8, 4) is 0 Å². The maximum absolute atomic E-state index is 13.2. The predicted octanol–water partition coefficient (Wildman–Crippen LogP) is 5.32. The molecule has 0 saturated carbocycles. The average Bonchev–Trinajstić information content (AvgIpc) is 2.78. The molecule has 0 aliphatic carbocycles. The summed E-state index contributed by atoms with van der Waals surface area (Å²) in [5, 5.41) is 1.64. The normalized spacial score (nSPS) is 11.9. The summed E-state index contributed by atoms with van der Waals surface area (Å²) in [6, 6.07) is 27.3. The number of hydrogen-bond donors (Lipinski definition) is 1. The molecule has 0 aliphatic heterocycles. The Hall–Kier alpha value is -3.56. The Bertz CT molecular complexity index is 1200. The Morgan fingerprint density at radius 1 is 0.655 bits per heavy atom. The zero-order valence-electron chi connectivity index (χ0n) is 16.1. The molecule has 0 fully saturated rings. The van der Waals surface area contributed by atoms with Crippen molar-refractivity contribution in [3.05, 3.63) is 119 Å². The van der Waals surface area contributed by atoms with Crippen LogP contribution < -0.4 is 5.73 Å². The van der Waals surface area contributed by atoms with Gasteiger partial charge in [0.05, 0.1) is 0 Å². The van der Waals surface area contributed by atoms with E-state index in [1.807, 2.05) is 67.6 Å². The molecule has 1 atom stereocenters. The molecule has 0 radical (unpaired) electrons. The van der Waals surface area contributed by atoms with Crippen molar-refractivity contribution in [3.63, 3.8) is 0 Å². The van der Waals surface area contributed by atoms with Gasteiger partial charge >= 0.3 is 0 Å². The van der Waals surface area contributed by atoms with Crippen molar-refractivity contribution >= 4 is 22.3 Å². The lowest BCUT2D eigenvalue weighted by Crippen LogP contribution is -2.10. The molecule has 3 heteroatoms. The van der Waals surface area contributed by atoms with Gasteiger partial charge in [0.1, 0.15) is 0 Å². The molecule has 142 valence electrons. The molecular formula is C26H21NO2. The fourth-order valence-corrected chi connectivity index (χ4v) is 3.62. The molecule has 0 spiro atoms. The highest BCUT2D eigenvalue weighted by Gasteiger charge is 2.18. The molecule has 4 aromatic carbocycles. The monoisotopic (exact) mass is 379 g/mol. The summed E-state index contributed by atoms with van der Waals surface area (Å²) in [5.74, 6) is -0.160. The number of ketones is 2. The summed E-state index contributed by atoms with van der Waals surface area (Å²) in [7, 11) is 0. The number of carbonyl (C=O) groups is 2. The third kappa shape index (κ3) is 3.60. The van der Waals surface area contributed by atoms with E-state index in [2.05, 4.69) is 0 Å². The van der Waals surface area contributed by atoms with E-state index in [1.165, 1.54) is 0 Å². The van der Waals surface area contributed by atoms with Crippen LogP contribution in [0.3, 0.4) is 0 Å². The second kappa shape index (κ2) is 7.82. The molecule has 0 aromatic heterocycles. The zero-order valence-corrected chi connectivity index (χ0v) is 16.1. The molecule has 2 N–H and O–H groups in total. The highest BCUT2D eigenvalue weighted by Crippen LogP contribution is 2.30. The first kappa shape index (κ1) is 18.8. The molecule has 4 rings (SSSR count). The van der Waals surface area contributed by atoms with Crippen LogP contribution in [-0.4, -0.2) is 11.6 Å². The Kier molecular flexibility index (Phi) is 5.07. The number of rotatable bonds is 5. The maximum Gasteiger partial charge on any atom is 0.193 e. The summed E-state index contributed by atoms with van der Waals surface area (Å²) in [4.78, 5) is 26.3. The van der Waals surface area contributed by atoms with Gasteiger partial charge in [-0.1, -0.05) is 78.9 Å². The lowest BCUT2D eigenvalue weighted by Gasteiger charge is -2.15. The number of hydrogen-bond acceptors (Lipinski definition) is 3. The number of nitrogens with two attached hydrogens (primary N) is 1. The summed E-state index contributed by atoms with van der Waals surface area (Å²) in [5.41, 5.74) is 9.40. The van der Waals surface area contributed by atoms with Crippen LogP contribution in [0.15, 0.2) is 91.0 Å². The Labute approximate surface area is 169 Å². The average molecular weight is 379 g/mol. The maximum atomic E-state index is 13.2. The van der Waals surface area contributed by atoms with Crippen LogP contribution in [0.4, 0.5) is 0 Å². The molecular weight excluding hydrogens is 358 g/mol. The van der Waals surface area contributed by atoms with E-state index in [1.54, 1.807) is 30.3 Å². The fraction of sp³-hybridized carbons (Fsp3) is 0.0769. The van der Waals surface area contributed by atoms with E-state index in [0.717, 1.165) is 16.3 Å². The minimum atomic E-state index is -0.275. The second-order valence-corrected chi connectivity index (χ2v) is 7.15. The number of carbonyl (C=O) groups excluding carboxylic acids is 2. The number of fused-ring (bicyclic) bond motifs is 1. The summed E-state index contributed by atoms with van der Waals surface area (Å²) >= 11 is 0. The van der Waals surface area contributed by atoms with E-state index in [9.17, 15) is 9.59 Å². The van der Waals surface area contributed by atoms with E-state index >= 15 is 0 Å². The van der Waals surface area contributed by atoms with Crippen molar-refractivity contribution in [1.82, 2.24) is 0 Å². The first-order chi connectivity index (χ1) is 14.1. The molecule has 29 heavy (non-hydrogen) atoms. The predicted molar refractivity (Wildman–Crippen MR) is 116 cm³/mol. The van der Waals surface area contributed by atoms with Gasteiger partial charge in [-0.2, -0.15) is 0 Å². The van der Waals surface area contributed by atoms with Crippen LogP contribution >= 0.6 is 0 Å². The van der Waals surface area contributed by atoms with Crippen molar-refractivity contribution in [1.29, 1.82) is 0 Å². The second-order valence-electron chi connectivity index (χ2n) is 7.15. The molecule has 4 aromatic rings. The highest BCUT2D eigenvalue weighted by atomic mass is 16.1. The van der Waals surface area contributed by atoms with E-state index in [4.69, 9.17) is 5.73 Å². The SMILES string of the molecule is CC(N)c1cc(C(=O)c2ccccc2)cc2c(C(=O)c3ccccc3)cccc12. The lowest BCUT2D eigenvalue weighted by molar-refractivity contribution is 0.103. The summed E-state index contributed by atoms with van der Waals surface area (Å²) < 4.78 is 0. The van der Waals surface area contributed by atoms with Crippen LogP contribution in [0, 0.1) is 0 Å². The third-order valence-electron chi connectivity index (χ3n) is 5.10. The quantitative estimate of drug-likeness (QED) is 0.477. The van der Waals surface area contributed by atoms with Gasteiger partial charge in [0.25, 0.3) is 0 Å². The van der Waals surface area contributed by atoms with Gasteiger partial charge in [0.15, 0.2) is 11.6 Å². The minimum absolute atomic E-state index is 0.0730. The van der Waals surface area contributed by atoms with Crippen molar-refractivity contribution in [2.24, 2.45) is 5.73 Å². The van der Waals surface area contributed by atoms with Gasteiger partial charge in [-0.25, -0.2) is 0 Å². The molecule has 0 heterocycles. The smallest absolute Gasteiger partial charge is 0.193 e. The molecule has 0 bridgehead atoms. The highest BCUT2D eigenvalue weighted by molar-refractivity contribution is 6.18. The van der Waals surface area contributed by atoms with Gasteiger partial charge in [0.2, 0.25) is 0 Å². The molecule has 0 amide bonds. The van der Waals surface area contributed by atoms with Gasteiger partial charge in [-0.15, -0.1) is 0 Å². The zero-order chi connectivity index (χ0) is 20.4. The first-order valence-electron chi connectivity index (χ1n) is 9.58. The van der Waals surface area contributed by atoms with Crippen molar-refractivity contribution < 1.29 is 9.59 Å². The summed E-state index contributed by atoms with van der Waals surface area (Å²) in [6.45, 7) is 1.89. The topological polar surface area (TPSA) is 60.2 Å². The van der Waals surface area contributed by atoms with Crippen molar-refractivity contribution in [2.75, 3.05) is 0 Å². The van der Waals surface area contributed by atoms with Crippen LogP contribution in [0.2, 0.25) is 0 Å². The number of benzene rings is 4. The van der Waals surface area contributed by atoms with Crippen LogP contribution in [0.25, 0.3) is 10.8 Å². The van der Waals surface area contributed by atoms with Gasteiger partial charge in [-0.05, 0) is 35.4 Å². The third-order valence-corrected chi connectivity index (χ3v) is 5.10. The molecule has 3 nitrogen and oxygen atoms in total. The molecule has 0 saturated heterocycles. The standard InChI is InChI=1S/C26H21NO2/c1-17(27)23-15-20(25(28)18-9-4-2-5-10-18)16-24-21(23)13-8-14-22(24)26(29)19-11-6-3-7-12-19/h2-17H,27H2,1H3. The molecule has 1 unspecified atom stereocenters. The van der Waals surface area contributed by atoms with Crippen molar-refractivity contribution in [2.45, 2.75) is 13.0 Å². The first-order valence-corrected chi connectivity index (χ1v) is 9.58. The fourth-order valence-electron chi connectivity index (χ4n) is 3.62.